The Morgan fingerprint density at radius 2 is 2.27 bits per heavy atom. The average Bonchev–Trinajstić information content (AvgIpc) is 2.14. The lowest BCUT2D eigenvalue weighted by molar-refractivity contribution is 0.0978. The van der Waals surface area contributed by atoms with Crippen LogP contribution in [0.25, 0.3) is 0 Å². The molecule has 0 radical (unpaired) electrons. The van der Waals surface area contributed by atoms with E-state index in [0.717, 1.165) is 25.9 Å². The first kappa shape index (κ1) is 8.81. The summed E-state index contributed by atoms with van der Waals surface area (Å²) in [6.07, 6.45) is 2.52. The molecule has 1 unspecified atom stereocenters. The van der Waals surface area contributed by atoms with Crippen molar-refractivity contribution >= 4 is 17.0 Å². The standard InChI is InChI=1S/C7H11ClO3/c8-7(9)11-6-2-1-4-10-5-3-6/h6H,1-5H2. The van der Waals surface area contributed by atoms with Crippen molar-refractivity contribution in [2.24, 2.45) is 0 Å². The van der Waals surface area contributed by atoms with Gasteiger partial charge < -0.3 is 9.47 Å². The molecular weight excluding hydrogens is 168 g/mol. The summed E-state index contributed by atoms with van der Waals surface area (Å²) < 4.78 is 9.99. The van der Waals surface area contributed by atoms with Crippen LogP contribution in [0.5, 0.6) is 0 Å². The first-order valence-corrected chi connectivity index (χ1v) is 4.10. The molecule has 0 aromatic heterocycles. The van der Waals surface area contributed by atoms with Gasteiger partial charge in [0.25, 0.3) is 0 Å². The molecule has 0 aromatic carbocycles. The minimum atomic E-state index is -0.711. The molecule has 0 aromatic rings. The van der Waals surface area contributed by atoms with Gasteiger partial charge in [0.15, 0.2) is 0 Å². The molecule has 0 bridgehead atoms. The van der Waals surface area contributed by atoms with Crippen LogP contribution in [-0.4, -0.2) is 24.7 Å². The summed E-state index contributed by atoms with van der Waals surface area (Å²) in [5, 5.41) is 0. The molecule has 4 heteroatoms. The second kappa shape index (κ2) is 4.57. The summed E-state index contributed by atoms with van der Waals surface area (Å²) in [7, 11) is 0. The normalized spacial score (nSPS) is 25.7. The Bertz CT molecular complexity index is 130. The molecule has 1 saturated heterocycles. The van der Waals surface area contributed by atoms with Crippen LogP contribution >= 0.6 is 11.6 Å². The molecule has 1 aliphatic heterocycles. The van der Waals surface area contributed by atoms with Gasteiger partial charge in [-0.05, 0) is 12.8 Å². The van der Waals surface area contributed by atoms with Gasteiger partial charge in [-0.2, -0.15) is 0 Å². The van der Waals surface area contributed by atoms with Crippen LogP contribution in [0, 0.1) is 0 Å². The van der Waals surface area contributed by atoms with Crippen molar-refractivity contribution < 1.29 is 14.3 Å². The minimum absolute atomic E-state index is 0.0394. The maximum atomic E-state index is 10.3. The van der Waals surface area contributed by atoms with E-state index in [9.17, 15) is 4.79 Å². The lowest BCUT2D eigenvalue weighted by Crippen LogP contribution is -2.14. The minimum Gasteiger partial charge on any atom is -0.450 e. The van der Waals surface area contributed by atoms with Gasteiger partial charge in [0, 0.05) is 24.6 Å². The summed E-state index contributed by atoms with van der Waals surface area (Å²) in [6, 6.07) is 0. The quantitative estimate of drug-likeness (QED) is 0.576. The molecule has 0 aliphatic carbocycles. The Balaban J connectivity index is 2.25. The van der Waals surface area contributed by atoms with E-state index in [1.54, 1.807) is 0 Å². The molecule has 1 heterocycles. The third-order valence-electron chi connectivity index (χ3n) is 1.66. The van der Waals surface area contributed by atoms with Crippen LogP contribution in [0.15, 0.2) is 0 Å². The van der Waals surface area contributed by atoms with Crippen molar-refractivity contribution in [3.8, 4) is 0 Å². The highest BCUT2D eigenvalue weighted by molar-refractivity contribution is 6.61. The Kier molecular flexibility index (Phi) is 3.66. The van der Waals surface area contributed by atoms with E-state index in [0.29, 0.717) is 6.61 Å². The molecule has 0 N–H and O–H groups in total. The highest BCUT2D eigenvalue weighted by Gasteiger charge is 2.15. The van der Waals surface area contributed by atoms with Crippen LogP contribution in [0.1, 0.15) is 19.3 Å². The predicted octanol–water partition coefficient (Wildman–Crippen LogP) is 1.93. The maximum absolute atomic E-state index is 10.3. The van der Waals surface area contributed by atoms with Gasteiger partial charge in [-0.25, -0.2) is 4.79 Å². The smallest absolute Gasteiger partial charge is 0.404 e. The summed E-state index contributed by atoms with van der Waals surface area (Å²) >= 11 is 5.06. The lowest BCUT2D eigenvalue weighted by atomic mass is 10.2. The summed E-state index contributed by atoms with van der Waals surface area (Å²) in [4.78, 5) is 10.3. The number of hydrogen-bond donors (Lipinski definition) is 0. The van der Waals surface area contributed by atoms with Crippen molar-refractivity contribution in [3.05, 3.63) is 0 Å². The molecular formula is C7H11ClO3. The Labute approximate surface area is 70.6 Å². The van der Waals surface area contributed by atoms with Gasteiger partial charge in [-0.3, -0.25) is 0 Å². The van der Waals surface area contributed by atoms with Crippen LogP contribution in [-0.2, 0) is 9.47 Å². The van der Waals surface area contributed by atoms with Gasteiger partial charge in [0.2, 0.25) is 0 Å². The molecule has 64 valence electrons. The van der Waals surface area contributed by atoms with Crippen LogP contribution < -0.4 is 0 Å². The van der Waals surface area contributed by atoms with E-state index in [1.165, 1.54) is 0 Å². The monoisotopic (exact) mass is 178 g/mol. The fraction of sp³-hybridized carbons (Fsp3) is 0.857. The Morgan fingerprint density at radius 3 is 3.00 bits per heavy atom. The zero-order chi connectivity index (χ0) is 8.10. The van der Waals surface area contributed by atoms with Crippen LogP contribution in [0.3, 0.4) is 0 Å². The van der Waals surface area contributed by atoms with Gasteiger partial charge in [0.1, 0.15) is 6.10 Å². The number of rotatable bonds is 1. The molecule has 3 nitrogen and oxygen atoms in total. The van der Waals surface area contributed by atoms with E-state index >= 15 is 0 Å². The number of carbonyl (C=O) groups is 1. The second-order valence-corrected chi connectivity index (χ2v) is 2.83. The fourth-order valence-corrected chi connectivity index (χ4v) is 1.25. The maximum Gasteiger partial charge on any atom is 0.404 e. The third kappa shape index (κ3) is 3.58. The number of hydrogen-bond acceptors (Lipinski definition) is 3. The van der Waals surface area contributed by atoms with E-state index < -0.39 is 5.43 Å². The van der Waals surface area contributed by atoms with E-state index in [-0.39, 0.29) is 6.10 Å². The number of carbonyl (C=O) groups excluding carboxylic acids is 1. The van der Waals surface area contributed by atoms with E-state index in [4.69, 9.17) is 21.1 Å². The molecule has 1 atom stereocenters. The van der Waals surface area contributed by atoms with Crippen molar-refractivity contribution in [2.45, 2.75) is 25.4 Å². The fourth-order valence-electron chi connectivity index (χ4n) is 1.12. The third-order valence-corrected chi connectivity index (χ3v) is 1.75. The van der Waals surface area contributed by atoms with Crippen LogP contribution in [0.2, 0.25) is 0 Å². The Hall–Kier alpha value is -0.280. The van der Waals surface area contributed by atoms with Crippen LogP contribution in [0.4, 0.5) is 4.79 Å². The van der Waals surface area contributed by atoms with Crippen molar-refractivity contribution in [1.29, 1.82) is 0 Å². The van der Waals surface area contributed by atoms with Gasteiger partial charge >= 0.3 is 5.43 Å². The second-order valence-electron chi connectivity index (χ2n) is 2.52. The SMILES string of the molecule is O=C(Cl)OC1CCCOCC1. The first-order chi connectivity index (χ1) is 5.29. The summed E-state index contributed by atoms with van der Waals surface area (Å²) in [6.45, 7) is 1.42. The summed E-state index contributed by atoms with van der Waals surface area (Å²) in [5.41, 5.74) is -0.711. The topological polar surface area (TPSA) is 35.5 Å². The molecule has 0 spiro atoms. The van der Waals surface area contributed by atoms with Crippen molar-refractivity contribution in [1.82, 2.24) is 0 Å². The largest absolute Gasteiger partial charge is 0.450 e. The van der Waals surface area contributed by atoms with Gasteiger partial charge in [-0.15, -0.1) is 0 Å². The van der Waals surface area contributed by atoms with Crippen molar-refractivity contribution in [2.75, 3.05) is 13.2 Å². The molecule has 1 aliphatic rings. The Morgan fingerprint density at radius 1 is 1.45 bits per heavy atom. The highest BCUT2D eigenvalue weighted by atomic mass is 35.5. The highest BCUT2D eigenvalue weighted by Crippen LogP contribution is 2.12. The van der Waals surface area contributed by atoms with E-state index in [2.05, 4.69) is 0 Å². The molecule has 0 saturated carbocycles. The molecule has 1 fully saturated rings. The van der Waals surface area contributed by atoms with E-state index in [1.807, 2.05) is 0 Å². The van der Waals surface area contributed by atoms with Gasteiger partial charge in [0.05, 0.1) is 6.61 Å². The first-order valence-electron chi connectivity index (χ1n) is 3.73. The zero-order valence-corrected chi connectivity index (χ0v) is 6.97. The summed E-state index contributed by atoms with van der Waals surface area (Å²) in [5.74, 6) is 0. The average molecular weight is 179 g/mol. The number of halogens is 1. The lowest BCUT2D eigenvalue weighted by Gasteiger charge is -2.11. The molecule has 11 heavy (non-hydrogen) atoms. The predicted molar refractivity (Wildman–Crippen MR) is 40.8 cm³/mol. The molecule has 0 amide bonds. The number of ether oxygens (including phenoxy) is 2. The van der Waals surface area contributed by atoms with Gasteiger partial charge in [-0.1, -0.05) is 0 Å². The zero-order valence-electron chi connectivity index (χ0n) is 6.22. The molecule has 1 rings (SSSR count). The van der Waals surface area contributed by atoms with Crippen molar-refractivity contribution in [3.63, 3.8) is 0 Å².